The summed E-state index contributed by atoms with van der Waals surface area (Å²) in [5, 5.41) is 0. The molecule has 2 aliphatic rings. The number of piperidine rings is 1. The van der Waals surface area contributed by atoms with Gasteiger partial charge in [-0.05, 0) is 24.9 Å². The zero-order valence-corrected chi connectivity index (χ0v) is 11.4. The average Bonchev–Trinajstić information content (AvgIpc) is 2.86. The third-order valence-electron chi connectivity index (χ3n) is 4.63. The quantitative estimate of drug-likeness (QED) is 0.764. The second-order valence-corrected chi connectivity index (χ2v) is 5.62. The van der Waals surface area contributed by atoms with Crippen molar-refractivity contribution >= 4 is 5.97 Å². The molecule has 3 unspecified atom stereocenters. The number of methoxy groups -OCH3 is 1. The van der Waals surface area contributed by atoms with Crippen LogP contribution in [-0.2, 0) is 9.53 Å². The lowest BCUT2D eigenvalue weighted by Crippen LogP contribution is -2.36. The fourth-order valence-corrected chi connectivity index (χ4v) is 3.79. The second-order valence-electron chi connectivity index (χ2n) is 5.62. The van der Waals surface area contributed by atoms with Crippen LogP contribution in [0.2, 0.25) is 0 Å². The summed E-state index contributed by atoms with van der Waals surface area (Å²) < 4.78 is 5.03. The molecule has 0 N–H and O–H groups in total. The minimum Gasteiger partial charge on any atom is -0.469 e. The van der Waals surface area contributed by atoms with E-state index < -0.39 is 0 Å². The van der Waals surface area contributed by atoms with Gasteiger partial charge in [0.25, 0.3) is 0 Å². The van der Waals surface area contributed by atoms with Crippen LogP contribution in [0.3, 0.4) is 0 Å². The summed E-state index contributed by atoms with van der Waals surface area (Å²) in [6.07, 6.45) is 3.73. The highest BCUT2D eigenvalue weighted by molar-refractivity contribution is 5.74. The first-order chi connectivity index (χ1) is 9.31. The molecule has 0 aromatic heterocycles. The maximum Gasteiger partial charge on any atom is 0.310 e. The van der Waals surface area contributed by atoms with E-state index in [1.807, 2.05) is 6.07 Å². The Hall–Kier alpha value is -1.35. The van der Waals surface area contributed by atoms with Crippen LogP contribution in [0.15, 0.2) is 30.3 Å². The predicted octanol–water partition coefficient (Wildman–Crippen LogP) is 2.43. The first-order valence-electron chi connectivity index (χ1n) is 7.18. The van der Waals surface area contributed by atoms with E-state index in [0.717, 1.165) is 13.1 Å². The van der Waals surface area contributed by atoms with Crippen molar-refractivity contribution in [2.24, 2.45) is 5.92 Å². The van der Waals surface area contributed by atoms with Gasteiger partial charge in [0, 0.05) is 18.5 Å². The molecule has 102 valence electrons. The molecule has 1 aromatic rings. The van der Waals surface area contributed by atoms with E-state index >= 15 is 0 Å². The normalized spacial score (nSPS) is 30.9. The molecule has 3 nitrogen and oxygen atoms in total. The van der Waals surface area contributed by atoms with Crippen LogP contribution in [0.4, 0.5) is 0 Å². The molecule has 19 heavy (non-hydrogen) atoms. The zero-order valence-electron chi connectivity index (χ0n) is 11.4. The highest BCUT2D eigenvalue weighted by atomic mass is 16.5. The van der Waals surface area contributed by atoms with Gasteiger partial charge in [-0.25, -0.2) is 0 Å². The smallest absolute Gasteiger partial charge is 0.310 e. The number of carbonyl (C=O) groups excluding carboxylic acids is 1. The Morgan fingerprint density at radius 2 is 2.05 bits per heavy atom. The van der Waals surface area contributed by atoms with Crippen LogP contribution in [0.1, 0.15) is 30.7 Å². The molecular weight excluding hydrogens is 238 g/mol. The van der Waals surface area contributed by atoms with Crippen molar-refractivity contribution in [1.29, 1.82) is 0 Å². The molecule has 2 saturated heterocycles. The number of ether oxygens (including phenoxy) is 1. The molecule has 0 bridgehead atoms. The number of benzene rings is 1. The number of hydrogen-bond acceptors (Lipinski definition) is 3. The van der Waals surface area contributed by atoms with Gasteiger partial charge >= 0.3 is 5.97 Å². The number of esters is 1. The van der Waals surface area contributed by atoms with E-state index in [4.69, 9.17) is 4.74 Å². The van der Waals surface area contributed by atoms with Crippen molar-refractivity contribution in [3.63, 3.8) is 0 Å². The number of carbonyl (C=O) groups is 1. The van der Waals surface area contributed by atoms with Crippen molar-refractivity contribution in [1.82, 2.24) is 4.90 Å². The van der Waals surface area contributed by atoms with Crippen LogP contribution in [0, 0.1) is 5.92 Å². The third-order valence-corrected chi connectivity index (χ3v) is 4.63. The molecule has 2 aliphatic heterocycles. The van der Waals surface area contributed by atoms with Crippen LogP contribution >= 0.6 is 0 Å². The molecule has 2 fully saturated rings. The molecule has 0 amide bonds. The van der Waals surface area contributed by atoms with Gasteiger partial charge in [0.1, 0.15) is 0 Å². The van der Waals surface area contributed by atoms with Crippen LogP contribution < -0.4 is 0 Å². The van der Waals surface area contributed by atoms with E-state index in [2.05, 4.69) is 29.2 Å². The van der Waals surface area contributed by atoms with Crippen molar-refractivity contribution in [3.05, 3.63) is 35.9 Å². The number of nitrogens with zero attached hydrogens (tertiary/aromatic N) is 1. The van der Waals surface area contributed by atoms with E-state index in [9.17, 15) is 4.79 Å². The minimum atomic E-state index is -0.0525. The fourth-order valence-electron chi connectivity index (χ4n) is 3.79. The van der Waals surface area contributed by atoms with Crippen LogP contribution in [0.5, 0.6) is 0 Å². The molecular formula is C16H21NO2. The average molecular weight is 259 g/mol. The molecule has 3 rings (SSSR count). The summed E-state index contributed by atoms with van der Waals surface area (Å²) in [5.74, 6) is 0.243. The molecule has 0 saturated carbocycles. The maximum atomic E-state index is 12.1. The second kappa shape index (κ2) is 5.33. The van der Waals surface area contributed by atoms with Gasteiger partial charge in [-0.15, -0.1) is 0 Å². The van der Waals surface area contributed by atoms with Gasteiger partial charge in [0.2, 0.25) is 0 Å². The van der Waals surface area contributed by atoms with Crippen molar-refractivity contribution in [2.75, 3.05) is 20.2 Å². The predicted molar refractivity (Wildman–Crippen MR) is 73.9 cm³/mol. The van der Waals surface area contributed by atoms with Gasteiger partial charge in [-0.1, -0.05) is 36.8 Å². The molecule has 3 atom stereocenters. The van der Waals surface area contributed by atoms with Crippen LogP contribution in [-0.4, -0.2) is 37.1 Å². The summed E-state index contributed by atoms with van der Waals surface area (Å²) in [7, 11) is 1.50. The Labute approximate surface area is 114 Å². The van der Waals surface area contributed by atoms with E-state index in [-0.39, 0.29) is 11.9 Å². The van der Waals surface area contributed by atoms with Crippen molar-refractivity contribution in [2.45, 2.75) is 31.2 Å². The maximum absolute atomic E-state index is 12.1. The zero-order chi connectivity index (χ0) is 13.2. The standard InChI is InChI=1S/C16H21NO2/c1-19-16(18)13-11-17-10-6-5-9-14(17)15(13)12-7-3-2-4-8-12/h2-4,7-8,13-15H,5-6,9-11H2,1H3. The highest BCUT2D eigenvalue weighted by Gasteiger charge is 2.46. The van der Waals surface area contributed by atoms with Gasteiger partial charge in [-0.3, -0.25) is 9.69 Å². The summed E-state index contributed by atoms with van der Waals surface area (Å²) >= 11 is 0. The monoisotopic (exact) mass is 259 g/mol. The third kappa shape index (κ3) is 2.27. The molecule has 3 heteroatoms. The topological polar surface area (TPSA) is 29.5 Å². The summed E-state index contributed by atoms with van der Waals surface area (Å²) in [4.78, 5) is 14.6. The molecule has 2 heterocycles. The largest absolute Gasteiger partial charge is 0.469 e. The number of rotatable bonds is 2. The first-order valence-corrected chi connectivity index (χ1v) is 7.18. The Morgan fingerprint density at radius 1 is 1.26 bits per heavy atom. The van der Waals surface area contributed by atoms with Crippen LogP contribution in [0.25, 0.3) is 0 Å². The number of hydrogen-bond donors (Lipinski definition) is 0. The Kier molecular flexibility index (Phi) is 3.56. The van der Waals surface area contributed by atoms with Crippen molar-refractivity contribution in [3.8, 4) is 0 Å². The Bertz CT molecular complexity index is 445. The first kappa shape index (κ1) is 12.7. The van der Waals surface area contributed by atoms with Gasteiger partial charge in [0.15, 0.2) is 0 Å². The molecule has 0 radical (unpaired) electrons. The van der Waals surface area contributed by atoms with E-state index in [1.54, 1.807) is 0 Å². The number of fused-ring (bicyclic) bond motifs is 1. The lowest BCUT2D eigenvalue weighted by atomic mass is 9.82. The SMILES string of the molecule is COC(=O)C1CN2CCCCC2C1c1ccccc1. The summed E-state index contributed by atoms with van der Waals surface area (Å²) in [6, 6.07) is 11.0. The summed E-state index contributed by atoms with van der Waals surface area (Å²) in [5.41, 5.74) is 1.28. The van der Waals surface area contributed by atoms with Gasteiger partial charge < -0.3 is 4.74 Å². The highest BCUT2D eigenvalue weighted by Crippen LogP contribution is 2.42. The van der Waals surface area contributed by atoms with Crippen molar-refractivity contribution < 1.29 is 9.53 Å². The minimum absolute atomic E-state index is 0.00417. The lowest BCUT2D eigenvalue weighted by molar-refractivity contribution is -0.145. The fraction of sp³-hybridized carbons (Fsp3) is 0.562. The van der Waals surface area contributed by atoms with E-state index in [1.165, 1.54) is 31.9 Å². The van der Waals surface area contributed by atoms with Gasteiger partial charge in [-0.2, -0.15) is 0 Å². The van der Waals surface area contributed by atoms with Gasteiger partial charge in [0.05, 0.1) is 13.0 Å². The van der Waals surface area contributed by atoms with E-state index in [0.29, 0.717) is 12.0 Å². The Morgan fingerprint density at radius 3 is 2.79 bits per heavy atom. The molecule has 1 aromatic carbocycles. The summed E-state index contributed by atoms with van der Waals surface area (Å²) in [6.45, 7) is 1.98. The lowest BCUT2D eigenvalue weighted by Gasteiger charge is -2.32. The Balaban J connectivity index is 1.93. The molecule has 0 aliphatic carbocycles. The molecule has 0 spiro atoms.